The molecule has 1 fully saturated rings. The summed E-state index contributed by atoms with van der Waals surface area (Å²) in [5, 5.41) is 23.4. The molecule has 0 spiro atoms. The van der Waals surface area contributed by atoms with Crippen LogP contribution in [0.4, 0.5) is 0 Å². The number of carbonyl (C=O) groups is 5. The zero-order valence-corrected chi connectivity index (χ0v) is 19.2. The summed E-state index contributed by atoms with van der Waals surface area (Å²) in [6.07, 6.45) is 0.863. The van der Waals surface area contributed by atoms with Gasteiger partial charge in [-0.1, -0.05) is 27.7 Å². The molecule has 1 aliphatic heterocycles. The Morgan fingerprint density at radius 3 is 2.16 bits per heavy atom. The first-order valence-corrected chi connectivity index (χ1v) is 11.0. The average molecular weight is 457 g/mol. The highest BCUT2D eigenvalue weighted by Gasteiger charge is 2.39. The maximum absolute atomic E-state index is 13.0. The van der Waals surface area contributed by atoms with E-state index in [0.717, 1.165) is 0 Å². The van der Waals surface area contributed by atoms with Crippen molar-refractivity contribution in [3.05, 3.63) is 0 Å². The number of rotatable bonds is 12. The number of nitrogens with zero attached hydrogens (tertiary/aromatic N) is 1. The van der Waals surface area contributed by atoms with Crippen LogP contribution < -0.4 is 16.4 Å². The Balaban J connectivity index is 2.93. The van der Waals surface area contributed by atoms with Gasteiger partial charge in [0.1, 0.15) is 18.1 Å². The van der Waals surface area contributed by atoms with Gasteiger partial charge in [-0.25, -0.2) is 4.79 Å². The van der Waals surface area contributed by atoms with E-state index >= 15 is 0 Å². The van der Waals surface area contributed by atoms with Crippen molar-refractivity contribution in [2.75, 3.05) is 6.54 Å². The highest BCUT2D eigenvalue weighted by molar-refractivity contribution is 5.94. The van der Waals surface area contributed by atoms with Gasteiger partial charge < -0.3 is 31.5 Å². The summed E-state index contributed by atoms with van der Waals surface area (Å²) in [4.78, 5) is 61.9. The van der Waals surface area contributed by atoms with E-state index in [1.807, 2.05) is 13.8 Å². The molecule has 3 amide bonds. The SMILES string of the molecule is CC(C)CC(NC(=O)C(N)CCC(=O)O)C(=O)NC(C(=O)N1CCCC1C(=O)O)C(C)C. The van der Waals surface area contributed by atoms with E-state index in [1.54, 1.807) is 13.8 Å². The lowest BCUT2D eigenvalue weighted by molar-refractivity contribution is -0.150. The summed E-state index contributed by atoms with van der Waals surface area (Å²) < 4.78 is 0. The largest absolute Gasteiger partial charge is 0.481 e. The molecule has 11 heteroatoms. The molecule has 0 aliphatic carbocycles. The van der Waals surface area contributed by atoms with Crippen molar-refractivity contribution in [2.45, 2.75) is 84.0 Å². The van der Waals surface area contributed by atoms with Gasteiger partial charge in [0.15, 0.2) is 0 Å². The van der Waals surface area contributed by atoms with Crippen molar-refractivity contribution < 1.29 is 34.2 Å². The number of carboxylic acid groups (broad SMARTS) is 2. The number of aliphatic carboxylic acids is 2. The Morgan fingerprint density at radius 1 is 1.03 bits per heavy atom. The molecule has 32 heavy (non-hydrogen) atoms. The van der Waals surface area contributed by atoms with Gasteiger partial charge in [0.05, 0.1) is 6.04 Å². The molecule has 1 rings (SSSR count). The lowest BCUT2D eigenvalue weighted by atomic mass is 9.99. The predicted octanol–water partition coefficient (Wildman–Crippen LogP) is -0.0742. The minimum absolute atomic E-state index is 0.0319. The first-order valence-electron chi connectivity index (χ1n) is 11.0. The van der Waals surface area contributed by atoms with E-state index < -0.39 is 53.8 Å². The number of amides is 3. The Kier molecular flexibility index (Phi) is 10.6. The van der Waals surface area contributed by atoms with Gasteiger partial charge in [-0.05, 0) is 37.5 Å². The summed E-state index contributed by atoms with van der Waals surface area (Å²) in [6, 6.07) is -3.92. The third-order valence-corrected chi connectivity index (χ3v) is 5.40. The third kappa shape index (κ3) is 8.10. The first-order chi connectivity index (χ1) is 14.8. The molecule has 1 aliphatic rings. The van der Waals surface area contributed by atoms with Crippen molar-refractivity contribution in [1.29, 1.82) is 0 Å². The van der Waals surface area contributed by atoms with Crippen LogP contribution in [0.25, 0.3) is 0 Å². The number of nitrogens with two attached hydrogens (primary N) is 1. The Morgan fingerprint density at radius 2 is 1.66 bits per heavy atom. The van der Waals surface area contributed by atoms with Gasteiger partial charge in [0, 0.05) is 13.0 Å². The van der Waals surface area contributed by atoms with Gasteiger partial charge in [-0.2, -0.15) is 0 Å². The molecule has 1 heterocycles. The van der Waals surface area contributed by atoms with Crippen LogP contribution in [0.5, 0.6) is 0 Å². The molecule has 0 aromatic heterocycles. The van der Waals surface area contributed by atoms with Crippen molar-refractivity contribution in [2.24, 2.45) is 17.6 Å². The molecule has 0 aromatic rings. The fourth-order valence-electron chi connectivity index (χ4n) is 3.63. The zero-order valence-electron chi connectivity index (χ0n) is 19.2. The second kappa shape index (κ2) is 12.4. The van der Waals surface area contributed by atoms with Crippen LogP contribution in [0.1, 0.15) is 59.8 Å². The van der Waals surface area contributed by atoms with Gasteiger partial charge in [0.25, 0.3) is 0 Å². The molecule has 182 valence electrons. The third-order valence-electron chi connectivity index (χ3n) is 5.40. The normalized spacial score (nSPS) is 18.8. The zero-order chi connectivity index (χ0) is 24.6. The van der Waals surface area contributed by atoms with Gasteiger partial charge >= 0.3 is 11.9 Å². The van der Waals surface area contributed by atoms with Crippen molar-refractivity contribution in [3.63, 3.8) is 0 Å². The average Bonchev–Trinajstić information content (AvgIpc) is 3.18. The molecular weight excluding hydrogens is 420 g/mol. The fourth-order valence-corrected chi connectivity index (χ4v) is 3.63. The van der Waals surface area contributed by atoms with Gasteiger partial charge in [-0.15, -0.1) is 0 Å². The number of carboxylic acids is 2. The lowest BCUT2D eigenvalue weighted by Crippen LogP contribution is -2.58. The summed E-state index contributed by atoms with van der Waals surface area (Å²) in [5.74, 6) is -4.12. The van der Waals surface area contributed by atoms with E-state index in [4.69, 9.17) is 10.8 Å². The molecular formula is C21H36N4O7. The summed E-state index contributed by atoms with van der Waals surface area (Å²) in [6.45, 7) is 7.52. The maximum Gasteiger partial charge on any atom is 0.326 e. The van der Waals surface area contributed by atoms with Gasteiger partial charge in [-0.3, -0.25) is 19.2 Å². The quantitative estimate of drug-likeness (QED) is 0.270. The molecule has 4 unspecified atom stereocenters. The minimum atomic E-state index is -1.09. The standard InChI is InChI=1S/C21H36N4O7/c1-11(2)10-14(23-18(28)13(22)7-8-16(26)27)19(29)24-17(12(3)4)20(30)25-9-5-6-15(25)21(31)32/h11-15,17H,5-10,22H2,1-4H3,(H,23,28)(H,24,29)(H,26,27)(H,31,32). The molecule has 0 radical (unpaired) electrons. The van der Waals surface area contributed by atoms with Crippen LogP contribution in [0, 0.1) is 11.8 Å². The van der Waals surface area contributed by atoms with Crippen LogP contribution in [-0.2, 0) is 24.0 Å². The number of likely N-dealkylation sites (tertiary alicyclic amines) is 1. The van der Waals surface area contributed by atoms with Crippen molar-refractivity contribution >= 4 is 29.7 Å². The number of hydrogen-bond acceptors (Lipinski definition) is 6. The monoisotopic (exact) mass is 456 g/mol. The Hall–Kier alpha value is -2.69. The highest BCUT2D eigenvalue weighted by atomic mass is 16.4. The smallest absolute Gasteiger partial charge is 0.326 e. The lowest BCUT2D eigenvalue weighted by Gasteiger charge is -2.31. The van der Waals surface area contributed by atoms with E-state index in [-0.39, 0.29) is 31.1 Å². The molecule has 0 aromatic carbocycles. The van der Waals surface area contributed by atoms with Crippen LogP contribution in [-0.4, -0.2) is 75.5 Å². The van der Waals surface area contributed by atoms with Crippen LogP contribution in [0.3, 0.4) is 0 Å². The predicted molar refractivity (Wildman–Crippen MR) is 115 cm³/mol. The van der Waals surface area contributed by atoms with Crippen LogP contribution in [0.2, 0.25) is 0 Å². The Bertz CT molecular complexity index is 710. The van der Waals surface area contributed by atoms with E-state index in [1.165, 1.54) is 4.90 Å². The Labute approximate surface area is 188 Å². The minimum Gasteiger partial charge on any atom is -0.481 e. The molecule has 4 atom stereocenters. The topological polar surface area (TPSA) is 179 Å². The molecule has 6 N–H and O–H groups in total. The number of hydrogen-bond donors (Lipinski definition) is 5. The maximum atomic E-state index is 13.0. The fraction of sp³-hybridized carbons (Fsp3) is 0.762. The van der Waals surface area contributed by atoms with Crippen molar-refractivity contribution in [3.8, 4) is 0 Å². The van der Waals surface area contributed by atoms with E-state index in [0.29, 0.717) is 19.4 Å². The first kappa shape index (κ1) is 27.3. The van der Waals surface area contributed by atoms with Gasteiger partial charge in [0.2, 0.25) is 17.7 Å². The molecule has 11 nitrogen and oxygen atoms in total. The van der Waals surface area contributed by atoms with Crippen LogP contribution in [0.15, 0.2) is 0 Å². The number of carbonyl (C=O) groups excluding carboxylic acids is 3. The van der Waals surface area contributed by atoms with Crippen LogP contribution >= 0.6 is 0 Å². The summed E-state index contributed by atoms with van der Waals surface area (Å²) in [7, 11) is 0. The molecule has 0 bridgehead atoms. The second-order valence-corrected chi connectivity index (χ2v) is 8.99. The molecule has 1 saturated heterocycles. The summed E-state index contributed by atoms with van der Waals surface area (Å²) in [5.41, 5.74) is 5.75. The highest BCUT2D eigenvalue weighted by Crippen LogP contribution is 2.20. The summed E-state index contributed by atoms with van der Waals surface area (Å²) >= 11 is 0. The molecule has 0 saturated carbocycles. The number of nitrogens with one attached hydrogen (secondary N) is 2. The second-order valence-electron chi connectivity index (χ2n) is 8.99. The van der Waals surface area contributed by atoms with Crippen molar-refractivity contribution in [1.82, 2.24) is 15.5 Å². The van der Waals surface area contributed by atoms with E-state index in [2.05, 4.69) is 10.6 Å². The van der Waals surface area contributed by atoms with E-state index in [9.17, 15) is 29.1 Å².